The van der Waals surface area contributed by atoms with Gasteiger partial charge in [0.15, 0.2) is 6.61 Å². The molecule has 0 aliphatic heterocycles. The molecule has 0 aliphatic carbocycles. The number of nitrogens with one attached hydrogen (secondary N) is 1. The monoisotopic (exact) mass is 555 g/mol. The maximum absolute atomic E-state index is 12.1. The number of amides is 1. The second-order valence-electron chi connectivity index (χ2n) is 8.19. The van der Waals surface area contributed by atoms with Gasteiger partial charge in [-0.15, -0.1) is 0 Å². The van der Waals surface area contributed by atoms with Crippen molar-refractivity contribution >= 4 is 46.9 Å². The van der Waals surface area contributed by atoms with Gasteiger partial charge in [0.25, 0.3) is 5.91 Å². The highest BCUT2D eigenvalue weighted by Crippen LogP contribution is 2.25. The fourth-order valence-corrected chi connectivity index (χ4v) is 4.37. The molecule has 0 aliphatic rings. The van der Waals surface area contributed by atoms with Crippen molar-refractivity contribution in [3.05, 3.63) is 110 Å². The normalized spacial score (nSPS) is 11.1. The van der Waals surface area contributed by atoms with Crippen LogP contribution < -0.4 is 14.9 Å². The molecule has 190 valence electrons. The van der Waals surface area contributed by atoms with Crippen molar-refractivity contribution in [1.82, 2.24) is 9.99 Å². The first kappa shape index (κ1) is 26.6. The number of rotatable bonds is 9. The van der Waals surface area contributed by atoms with Crippen LogP contribution in [0.5, 0.6) is 11.5 Å². The molecule has 9 heteroatoms. The number of hydrogen-bond donors (Lipinski definition) is 1. The summed E-state index contributed by atoms with van der Waals surface area (Å²) in [6.07, 6.45) is 1.61. The zero-order valence-corrected chi connectivity index (χ0v) is 22.4. The van der Waals surface area contributed by atoms with Crippen LogP contribution >= 0.6 is 34.8 Å². The molecule has 1 amide bonds. The van der Waals surface area contributed by atoms with Gasteiger partial charge in [0.05, 0.1) is 11.2 Å². The second-order valence-corrected chi connectivity index (χ2v) is 9.44. The Labute approximate surface area is 230 Å². The van der Waals surface area contributed by atoms with Crippen molar-refractivity contribution in [2.45, 2.75) is 20.5 Å². The number of hydrazone groups is 1. The molecule has 0 unspecified atom stereocenters. The molecule has 1 heterocycles. The maximum atomic E-state index is 12.1. The summed E-state index contributed by atoms with van der Waals surface area (Å²) in [6.45, 7) is 4.14. The van der Waals surface area contributed by atoms with E-state index in [0.29, 0.717) is 27.4 Å². The average Bonchev–Trinajstić information content (AvgIpc) is 3.16. The molecule has 6 nitrogen and oxygen atoms in total. The van der Waals surface area contributed by atoms with Crippen LogP contribution in [0.4, 0.5) is 0 Å². The van der Waals surface area contributed by atoms with Crippen LogP contribution in [0.25, 0.3) is 5.69 Å². The SMILES string of the molecule is Cc1cc(/C=N\NC(=O)COc2ccccc2Cl)c(C)n1-c1ccc(OCc2ccc(Cl)cc2Cl)cc1. The second kappa shape index (κ2) is 12.2. The highest BCUT2D eigenvalue weighted by Gasteiger charge is 2.11. The van der Waals surface area contributed by atoms with Crippen LogP contribution in [0, 0.1) is 13.8 Å². The van der Waals surface area contributed by atoms with Gasteiger partial charge in [-0.05, 0) is 68.4 Å². The topological polar surface area (TPSA) is 64.8 Å². The van der Waals surface area contributed by atoms with Gasteiger partial charge in [-0.2, -0.15) is 5.10 Å². The molecule has 0 saturated carbocycles. The Hall–Kier alpha value is -3.45. The van der Waals surface area contributed by atoms with Crippen molar-refractivity contribution in [1.29, 1.82) is 0 Å². The minimum atomic E-state index is -0.388. The number of hydrogen-bond acceptors (Lipinski definition) is 4. The predicted octanol–water partition coefficient (Wildman–Crippen LogP) is 7.16. The van der Waals surface area contributed by atoms with Gasteiger partial charge in [0.2, 0.25) is 0 Å². The van der Waals surface area contributed by atoms with Gasteiger partial charge in [-0.3, -0.25) is 4.79 Å². The van der Waals surface area contributed by atoms with Crippen LogP contribution in [-0.4, -0.2) is 23.3 Å². The predicted molar refractivity (Wildman–Crippen MR) is 149 cm³/mol. The van der Waals surface area contributed by atoms with Gasteiger partial charge >= 0.3 is 0 Å². The third kappa shape index (κ3) is 6.86. The van der Waals surface area contributed by atoms with E-state index in [9.17, 15) is 4.79 Å². The molecule has 0 spiro atoms. The van der Waals surface area contributed by atoms with Crippen molar-refractivity contribution in [2.24, 2.45) is 5.10 Å². The van der Waals surface area contributed by atoms with Crippen molar-refractivity contribution in [3.63, 3.8) is 0 Å². The summed E-state index contributed by atoms with van der Waals surface area (Å²) in [6, 6.07) is 22.1. The van der Waals surface area contributed by atoms with E-state index >= 15 is 0 Å². The molecule has 37 heavy (non-hydrogen) atoms. The highest BCUT2D eigenvalue weighted by atomic mass is 35.5. The lowest BCUT2D eigenvalue weighted by atomic mass is 10.2. The Balaban J connectivity index is 1.36. The Bertz CT molecular complexity index is 1430. The highest BCUT2D eigenvalue weighted by molar-refractivity contribution is 6.35. The zero-order valence-electron chi connectivity index (χ0n) is 20.2. The largest absolute Gasteiger partial charge is 0.489 e. The zero-order chi connectivity index (χ0) is 26.4. The van der Waals surface area contributed by atoms with Gasteiger partial charge < -0.3 is 14.0 Å². The summed E-state index contributed by atoms with van der Waals surface area (Å²) in [5.74, 6) is 0.776. The molecule has 0 fully saturated rings. The quantitative estimate of drug-likeness (QED) is 0.176. The van der Waals surface area contributed by atoms with E-state index in [2.05, 4.69) is 15.1 Å². The molecule has 3 aromatic carbocycles. The summed E-state index contributed by atoms with van der Waals surface area (Å²) >= 11 is 18.2. The average molecular weight is 557 g/mol. The first-order valence-corrected chi connectivity index (χ1v) is 12.5. The third-order valence-electron chi connectivity index (χ3n) is 5.56. The minimum Gasteiger partial charge on any atom is -0.489 e. The molecule has 4 aromatic rings. The minimum absolute atomic E-state index is 0.196. The standard InChI is InChI=1S/C28H24Cl3N3O3/c1-18-13-21(15-32-33-28(35)17-37-27-6-4-3-5-25(27)30)19(2)34(18)23-9-11-24(12-10-23)36-16-20-7-8-22(29)14-26(20)31/h3-15H,16-17H2,1-2H3,(H,33,35)/b32-15-. The number of carbonyl (C=O) groups is 1. The van der Waals surface area contributed by atoms with Crippen molar-refractivity contribution < 1.29 is 14.3 Å². The summed E-state index contributed by atoms with van der Waals surface area (Å²) in [4.78, 5) is 12.1. The Morgan fingerprint density at radius 2 is 1.70 bits per heavy atom. The van der Waals surface area contributed by atoms with E-state index in [4.69, 9.17) is 44.3 Å². The molecule has 0 saturated heterocycles. The van der Waals surface area contributed by atoms with E-state index in [0.717, 1.165) is 34.0 Å². The van der Waals surface area contributed by atoms with Gasteiger partial charge in [-0.1, -0.05) is 53.0 Å². The summed E-state index contributed by atoms with van der Waals surface area (Å²) < 4.78 is 13.4. The lowest BCUT2D eigenvalue weighted by Crippen LogP contribution is -2.24. The molecule has 0 radical (unpaired) electrons. The van der Waals surface area contributed by atoms with Crippen LogP contribution in [0.2, 0.25) is 15.1 Å². The first-order valence-electron chi connectivity index (χ1n) is 11.4. The van der Waals surface area contributed by atoms with Gasteiger partial charge in [-0.25, -0.2) is 5.43 Å². The number of aromatic nitrogens is 1. The fraction of sp³-hybridized carbons (Fsp3) is 0.143. The Morgan fingerprint density at radius 1 is 0.946 bits per heavy atom. The number of nitrogens with zero attached hydrogens (tertiary/aromatic N) is 2. The number of para-hydroxylation sites is 1. The number of halogens is 3. The van der Waals surface area contributed by atoms with Crippen LogP contribution in [0.3, 0.4) is 0 Å². The number of benzene rings is 3. The van der Waals surface area contributed by atoms with Crippen molar-refractivity contribution in [2.75, 3.05) is 6.61 Å². The van der Waals surface area contributed by atoms with E-state index in [1.807, 2.05) is 50.2 Å². The van der Waals surface area contributed by atoms with E-state index in [-0.39, 0.29) is 12.5 Å². The van der Waals surface area contributed by atoms with Gasteiger partial charge in [0, 0.05) is 38.2 Å². The fourth-order valence-electron chi connectivity index (χ4n) is 3.72. The molecular weight excluding hydrogens is 533 g/mol. The Morgan fingerprint density at radius 3 is 2.43 bits per heavy atom. The van der Waals surface area contributed by atoms with E-state index in [1.54, 1.807) is 42.6 Å². The smallest absolute Gasteiger partial charge is 0.277 e. The van der Waals surface area contributed by atoms with Gasteiger partial charge in [0.1, 0.15) is 18.1 Å². The van der Waals surface area contributed by atoms with E-state index < -0.39 is 0 Å². The summed E-state index contributed by atoms with van der Waals surface area (Å²) in [5, 5.41) is 5.67. The molecule has 0 bridgehead atoms. The number of aryl methyl sites for hydroxylation is 1. The molecule has 0 atom stereocenters. The van der Waals surface area contributed by atoms with Crippen LogP contribution in [-0.2, 0) is 11.4 Å². The lowest BCUT2D eigenvalue weighted by molar-refractivity contribution is -0.123. The molecule has 1 aromatic heterocycles. The maximum Gasteiger partial charge on any atom is 0.277 e. The van der Waals surface area contributed by atoms with E-state index in [1.165, 1.54) is 0 Å². The molecule has 1 N–H and O–H groups in total. The molecular formula is C28H24Cl3N3O3. The van der Waals surface area contributed by atoms with Crippen LogP contribution in [0.1, 0.15) is 22.5 Å². The summed E-state index contributed by atoms with van der Waals surface area (Å²) in [7, 11) is 0. The summed E-state index contributed by atoms with van der Waals surface area (Å²) in [5.41, 5.74) is 7.19. The number of ether oxygens (including phenoxy) is 2. The lowest BCUT2D eigenvalue weighted by Gasteiger charge is -2.12. The first-order chi connectivity index (χ1) is 17.8. The molecule has 4 rings (SSSR count). The van der Waals surface area contributed by atoms with Crippen molar-refractivity contribution in [3.8, 4) is 17.2 Å². The van der Waals surface area contributed by atoms with Crippen LogP contribution in [0.15, 0.2) is 77.9 Å². The Kier molecular flexibility index (Phi) is 8.77. The number of carbonyl (C=O) groups excluding carboxylic acids is 1. The third-order valence-corrected chi connectivity index (χ3v) is 6.46.